The summed E-state index contributed by atoms with van der Waals surface area (Å²) >= 11 is 0. The van der Waals surface area contributed by atoms with E-state index >= 15 is 0 Å². The SMILES string of the molecule is CCC1NC(=O)C(CC)(CC)N(CCOC(C)(C)C)C1=O. The van der Waals surface area contributed by atoms with Gasteiger partial charge in [-0.3, -0.25) is 9.59 Å². The Morgan fingerprint density at radius 1 is 1.19 bits per heavy atom. The molecule has 0 aliphatic carbocycles. The van der Waals surface area contributed by atoms with Crippen LogP contribution in [0.15, 0.2) is 0 Å². The van der Waals surface area contributed by atoms with Crippen molar-refractivity contribution in [2.24, 2.45) is 0 Å². The lowest BCUT2D eigenvalue weighted by atomic mass is 9.85. The first-order chi connectivity index (χ1) is 9.71. The van der Waals surface area contributed by atoms with Gasteiger partial charge < -0.3 is 15.0 Å². The molecule has 0 aromatic carbocycles. The van der Waals surface area contributed by atoms with Gasteiger partial charge in [-0.25, -0.2) is 0 Å². The van der Waals surface area contributed by atoms with Crippen LogP contribution in [0, 0.1) is 0 Å². The second-order valence-electron chi connectivity index (χ2n) is 6.62. The molecule has 0 spiro atoms. The minimum atomic E-state index is -0.732. The van der Waals surface area contributed by atoms with Gasteiger partial charge in [-0.05, 0) is 40.0 Å². The number of amides is 2. The number of hydrogen-bond donors (Lipinski definition) is 1. The van der Waals surface area contributed by atoms with Crippen molar-refractivity contribution in [3.8, 4) is 0 Å². The predicted octanol–water partition coefficient (Wildman–Crippen LogP) is 2.10. The average Bonchev–Trinajstić information content (AvgIpc) is 2.41. The lowest BCUT2D eigenvalue weighted by Crippen LogP contribution is -2.70. The maximum Gasteiger partial charge on any atom is 0.246 e. The van der Waals surface area contributed by atoms with E-state index < -0.39 is 11.6 Å². The number of nitrogens with one attached hydrogen (secondary N) is 1. The van der Waals surface area contributed by atoms with Gasteiger partial charge in [-0.15, -0.1) is 0 Å². The Morgan fingerprint density at radius 3 is 2.19 bits per heavy atom. The second-order valence-corrected chi connectivity index (χ2v) is 6.62. The fraction of sp³-hybridized carbons (Fsp3) is 0.875. The normalized spacial score (nSPS) is 22.4. The molecule has 1 saturated heterocycles. The van der Waals surface area contributed by atoms with Gasteiger partial charge in [-0.2, -0.15) is 0 Å². The van der Waals surface area contributed by atoms with Crippen LogP contribution in [0.3, 0.4) is 0 Å². The third-order valence-electron chi connectivity index (χ3n) is 4.24. The summed E-state index contributed by atoms with van der Waals surface area (Å²) < 4.78 is 5.74. The lowest BCUT2D eigenvalue weighted by molar-refractivity contribution is -0.160. The molecule has 0 aromatic rings. The summed E-state index contributed by atoms with van der Waals surface area (Å²) in [5.74, 6) is -0.0204. The summed E-state index contributed by atoms with van der Waals surface area (Å²) in [7, 11) is 0. The van der Waals surface area contributed by atoms with Crippen molar-refractivity contribution in [2.75, 3.05) is 13.2 Å². The summed E-state index contributed by atoms with van der Waals surface area (Å²) in [5, 5.41) is 2.87. The number of carbonyl (C=O) groups is 2. The van der Waals surface area contributed by atoms with Gasteiger partial charge in [-0.1, -0.05) is 20.8 Å². The summed E-state index contributed by atoms with van der Waals surface area (Å²) in [6, 6.07) is -0.404. The van der Waals surface area contributed by atoms with E-state index in [1.54, 1.807) is 4.90 Å². The molecule has 0 aromatic heterocycles. The molecule has 0 bridgehead atoms. The summed E-state index contributed by atoms with van der Waals surface area (Å²) in [6.07, 6.45) is 1.85. The first-order valence-corrected chi connectivity index (χ1v) is 7.98. The molecule has 1 rings (SSSR count). The molecule has 0 radical (unpaired) electrons. The minimum absolute atomic E-state index is 0.0123. The van der Waals surface area contributed by atoms with Crippen molar-refractivity contribution in [1.82, 2.24) is 10.2 Å². The maximum absolute atomic E-state index is 12.6. The van der Waals surface area contributed by atoms with Gasteiger partial charge in [0.2, 0.25) is 11.8 Å². The van der Waals surface area contributed by atoms with Gasteiger partial charge in [0.15, 0.2) is 0 Å². The number of nitrogens with zero attached hydrogens (tertiary/aromatic N) is 1. The van der Waals surface area contributed by atoms with E-state index in [1.807, 2.05) is 41.5 Å². The number of ether oxygens (including phenoxy) is 1. The van der Waals surface area contributed by atoms with Crippen molar-refractivity contribution >= 4 is 11.8 Å². The topological polar surface area (TPSA) is 58.6 Å². The largest absolute Gasteiger partial charge is 0.374 e. The fourth-order valence-corrected chi connectivity index (χ4v) is 2.87. The van der Waals surface area contributed by atoms with E-state index in [2.05, 4.69) is 5.32 Å². The van der Waals surface area contributed by atoms with Crippen molar-refractivity contribution in [3.63, 3.8) is 0 Å². The molecule has 5 heteroatoms. The van der Waals surface area contributed by atoms with Crippen molar-refractivity contribution < 1.29 is 14.3 Å². The van der Waals surface area contributed by atoms with E-state index in [9.17, 15) is 9.59 Å². The lowest BCUT2D eigenvalue weighted by Gasteiger charge is -2.47. The zero-order chi connectivity index (χ0) is 16.3. The summed E-state index contributed by atoms with van der Waals surface area (Å²) in [6.45, 7) is 12.7. The highest BCUT2D eigenvalue weighted by molar-refractivity contribution is 5.99. The van der Waals surface area contributed by atoms with Crippen molar-refractivity contribution in [3.05, 3.63) is 0 Å². The van der Waals surface area contributed by atoms with Crippen LogP contribution in [-0.2, 0) is 14.3 Å². The van der Waals surface area contributed by atoms with Crippen LogP contribution in [-0.4, -0.2) is 47.0 Å². The van der Waals surface area contributed by atoms with E-state index in [4.69, 9.17) is 4.74 Å². The summed E-state index contributed by atoms with van der Waals surface area (Å²) in [4.78, 5) is 26.9. The third kappa shape index (κ3) is 3.76. The molecule has 1 aliphatic heterocycles. The van der Waals surface area contributed by atoms with Crippen LogP contribution >= 0.6 is 0 Å². The van der Waals surface area contributed by atoms with Gasteiger partial charge >= 0.3 is 0 Å². The molecule has 21 heavy (non-hydrogen) atoms. The van der Waals surface area contributed by atoms with Crippen LogP contribution in [0.4, 0.5) is 0 Å². The molecule has 1 aliphatic rings. The molecule has 0 saturated carbocycles. The molecule has 2 amide bonds. The van der Waals surface area contributed by atoms with Crippen LogP contribution in [0.25, 0.3) is 0 Å². The predicted molar refractivity (Wildman–Crippen MR) is 83.0 cm³/mol. The molecule has 1 unspecified atom stereocenters. The van der Waals surface area contributed by atoms with Gasteiger partial charge in [0.05, 0.1) is 12.2 Å². The number of hydrogen-bond acceptors (Lipinski definition) is 3. The van der Waals surface area contributed by atoms with Gasteiger partial charge in [0.25, 0.3) is 0 Å². The number of carbonyl (C=O) groups excluding carboxylic acids is 2. The molecular formula is C16H30N2O3. The third-order valence-corrected chi connectivity index (χ3v) is 4.24. The Bertz CT molecular complexity index is 383. The van der Waals surface area contributed by atoms with Crippen LogP contribution in [0.5, 0.6) is 0 Å². The van der Waals surface area contributed by atoms with Crippen LogP contribution in [0.1, 0.15) is 60.8 Å². The fourth-order valence-electron chi connectivity index (χ4n) is 2.87. The van der Waals surface area contributed by atoms with Crippen molar-refractivity contribution in [1.29, 1.82) is 0 Å². The molecule has 1 atom stereocenters. The Morgan fingerprint density at radius 2 is 1.76 bits per heavy atom. The van der Waals surface area contributed by atoms with Crippen LogP contribution < -0.4 is 5.32 Å². The highest BCUT2D eigenvalue weighted by atomic mass is 16.5. The monoisotopic (exact) mass is 298 g/mol. The quantitative estimate of drug-likeness (QED) is 0.817. The summed E-state index contributed by atoms with van der Waals surface area (Å²) in [5.41, 5.74) is -0.976. The average molecular weight is 298 g/mol. The Kier molecular flexibility index (Phi) is 5.79. The smallest absolute Gasteiger partial charge is 0.246 e. The molecule has 1 fully saturated rings. The Balaban J connectivity index is 2.94. The minimum Gasteiger partial charge on any atom is -0.374 e. The van der Waals surface area contributed by atoms with Crippen LogP contribution in [0.2, 0.25) is 0 Å². The van der Waals surface area contributed by atoms with Gasteiger partial charge in [0, 0.05) is 6.54 Å². The molecular weight excluding hydrogens is 268 g/mol. The van der Waals surface area contributed by atoms with E-state index in [1.165, 1.54) is 0 Å². The number of rotatable bonds is 6. The molecule has 122 valence electrons. The molecule has 1 N–H and O–H groups in total. The highest BCUT2D eigenvalue weighted by Gasteiger charge is 2.49. The van der Waals surface area contributed by atoms with E-state index in [0.29, 0.717) is 32.4 Å². The van der Waals surface area contributed by atoms with E-state index in [0.717, 1.165) is 0 Å². The first kappa shape index (κ1) is 18.0. The zero-order valence-electron chi connectivity index (χ0n) is 14.3. The number of piperazine rings is 1. The maximum atomic E-state index is 12.6. The Hall–Kier alpha value is -1.10. The van der Waals surface area contributed by atoms with Crippen molar-refractivity contribution in [2.45, 2.75) is 78.0 Å². The first-order valence-electron chi connectivity index (χ1n) is 7.98. The highest BCUT2D eigenvalue weighted by Crippen LogP contribution is 2.29. The standard InChI is InChI=1S/C16H30N2O3/c1-7-12-13(19)18(10-11-21-15(4,5)6)16(8-2,9-3)14(20)17-12/h12H,7-11H2,1-6H3,(H,17,20). The molecule has 1 heterocycles. The second kappa shape index (κ2) is 6.77. The Labute approximate surface area is 128 Å². The zero-order valence-corrected chi connectivity index (χ0v) is 14.3. The molecule has 5 nitrogen and oxygen atoms in total. The van der Waals surface area contributed by atoms with Gasteiger partial charge in [0.1, 0.15) is 11.6 Å². The van der Waals surface area contributed by atoms with E-state index in [-0.39, 0.29) is 17.4 Å².